The van der Waals surface area contributed by atoms with Crippen LogP contribution in [-0.2, 0) is 13.0 Å². The fourth-order valence-electron chi connectivity index (χ4n) is 4.07. The Balaban J connectivity index is 0.00000261. The van der Waals surface area contributed by atoms with E-state index < -0.39 is 6.10 Å². The van der Waals surface area contributed by atoms with Crippen LogP contribution in [0.15, 0.2) is 29.3 Å². The molecule has 1 aromatic rings. The third-order valence-electron chi connectivity index (χ3n) is 5.42. The molecule has 5 nitrogen and oxygen atoms in total. The molecule has 2 N–H and O–H groups in total. The van der Waals surface area contributed by atoms with Gasteiger partial charge in [-0.15, -0.1) is 24.0 Å². The lowest BCUT2D eigenvalue weighted by molar-refractivity contribution is 0.111. The van der Waals surface area contributed by atoms with Gasteiger partial charge < -0.3 is 15.3 Å². The lowest BCUT2D eigenvalue weighted by Crippen LogP contribution is -2.46. The first kappa shape index (κ1) is 22.4. The molecule has 0 bridgehead atoms. The molecule has 0 amide bonds. The van der Waals surface area contributed by atoms with Crippen LogP contribution in [-0.4, -0.2) is 66.2 Å². The zero-order valence-corrected chi connectivity index (χ0v) is 19.1. The standard InChI is InChI=1S/C21H34N4O.HI/c1-3-22-21(25-11-6-7-17(2)14-25)23-13-20(26)16-24-12-10-18-8-4-5-9-19(18)15-24;/h4-5,8-9,17,20,26H,3,6-7,10-16H2,1-2H3,(H,22,23);1H. The van der Waals surface area contributed by atoms with Crippen LogP contribution in [0.5, 0.6) is 0 Å². The first-order chi connectivity index (χ1) is 12.7. The number of fused-ring (bicyclic) bond motifs is 1. The molecule has 27 heavy (non-hydrogen) atoms. The molecule has 2 unspecified atom stereocenters. The highest BCUT2D eigenvalue weighted by molar-refractivity contribution is 14.0. The number of benzene rings is 1. The summed E-state index contributed by atoms with van der Waals surface area (Å²) in [7, 11) is 0. The van der Waals surface area contributed by atoms with Crippen molar-refractivity contribution in [2.75, 3.05) is 39.3 Å². The maximum absolute atomic E-state index is 10.5. The zero-order valence-electron chi connectivity index (χ0n) is 16.7. The molecule has 152 valence electrons. The molecule has 2 aliphatic heterocycles. The number of aliphatic hydroxyl groups excluding tert-OH is 1. The summed E-state index contributed by atoms with van der Waals surface area (Å²) in [5, 5.41) is 13.9. The lowest BCUT2D eigenvalue weighted by atomic mass is 10.00. The number of hydrogen-bond donors (Lipinski definition) is 2. The Bertz CT molecular complexity index is 610. The highest BCUT2D eigenvalue weighted by Gasteiger charge is 2.21. The van der Waals surface area contributed by atoms with Crippen LogP contribution in [0.3, 0.4) is 0 Å². The van der Waals surface area contributed by atoms with Gasteiger partial charge in [-0.1, -0.05) is 31.2 Å². The largest absolute Gasteiger partial charge is 0.390 e. The Labute approximate surface area is 181 Å². The van der Waals surface area contributed by atoms with E-state index in [1.165, 1.54) is 24.0 Å². The fraction of sp³-hybridized carbons (Fsp3) is 0.667. The molecule has 0 saturated carbocycles. The lowest BCUT2D eigenvalue weighted by Gasteiger charge is -2.34. The number of nitrogens with zero attached hydrogens (tertiary/aromatic N) is 3. The van der Waals surface area contributed by atoms with Crippen molar-refractivity contribution in [3.63, 3.8) is 0 Å². The maximum Gasteiger partial charge on any atom is 0.194 e. The van der Waals surface area contributed by atoms with Gasteiger partial charge in [-0.3, -0.25) is 9.89 Å². The van der Waals surface area contributed by atoms with Gasteiger partial charge >= 0.3 is 0 Å². The first-order valence-corrected chi connectivity index (χ1v) is 10.2. The van der Waals surface area contributed by atoms with Crippen molar-refractivity contribution in [1.82, 2.24) is 15.1 Å². The van der Waals surface area contributed by atoms with Gasteiger partial charge in [-0.05, 0) is 43.2 Å². The van der Waals surface area contributed by atoms with E-state index in [1.807, 2.05) is 0 Å². The van der Waals surface area contributed by atoms with Crippen molar-refractivity contribution in [1.29, 1.82) is 0 Å². The third kappa shape index (κ3) is 6.61. The van der Waals surface area contributed by atoms with E-state index >= 15 is 0 Å². The topological polar surface area (TPSA) is 51.1 Å². The van der Waals surface area contributed by atoms with Crippen molar-refractivity contribution < 1.29 is 5.11 Å². The number of piperidine rings is 1. The number of halogens is 1. The van der Waals surface area contributed by atoms with Crippen molar-refractivity contribution in [3.8, 4) is 0 Å². The normalized spacial score (nSPS) is 22.0. The number of hydrogen-bond acceptors (Lipinski definition) is 3. The molecule has 2 aliphatic rings. The van der Waals surface area contributed by atoms with Crippen LogP contribution in [0.2, 0.25) is 0 Å². The van der Waals surface area contributed by atoms with E-state index in [0.717, 1.165) is 45.1 Å². The quantitative estimate of drug-likeness (QED) is 0.382. The summed E-state index contributed by atoms with van der Waals surface area (Å²) in [6.45, 7) is 10.5. The average molecular weight is 486 g/mol. The maximum atomic E-state index is 10.5. The molecule has 3 rings (SSSR count). The average Bonchev–Trinajstić information content (AvgIpc) is 2.65. The number of aliphatic imine (C=N–C) groups is 1. The van der Waals surface area contributed by atoms with E-state index in [0.29, 0.717) is 19.0 Å². The summed E-state index contributed by atoms with van der Waals surface area (Å²) in [6.07, 6.45) is 3.17. The van der Waals surface area contributed by atoms with Gasteiger partial charge in [0.1, 0.15) is 0 Å². The highest BCUT2D eigenvalue weighted by Crippen LogP contribution is 2.19. The molecule has 2 atom stereocenters. The number of rotatable bonds is 5. The fourth-order valence-corrected chi connectivity index (χ4v) is 4.07. The predicted octanol–water partition coefficient (Wildman–Crippen LogP) is 2.72. The number of likely N-dealkylation sites (tertiary alicyclic amines) is 1. The molecule has 0 spiro atoms. The summed E-state index contributed by atoms with van der Waals surface area (Å²) < 4.78 is 0. The van der Waals surface area contributed by atoms with Crippen LogP contribution in [0.1, 0.15) is 37.8 Å². The molecule has 0 aliphatic carbocycles. The summed E-state index contributed by atoms with van der Waals surface area (Å²) in [4.78, 5) is 9.43. The molecular formula is C21H35IN4O. The van der Waals surface area contributed by atoms with Gasteiger partial charge in [0.25, 0.3) is 0 Å². The zero-order chi connectivity index (χ0) is 18.4. The van der Waals surface area contributed by atoms with Gasteiger partial charge in [0.05, 0.1) is 12.6 Å². The van der Waals surface area contributed by atoms with Crippen LogP contribution >= 0.6 is 24.0 Å². The highest BCUT2D eigenvalue weighted by atomic mass is 127. The molecule has 1 saturated heterocycles. The van der Waals surface area contributed by atoms with E-state index in [2.05, 4.69) is 53.2 Å². The van der Waals surface area contributed by atoms with Crippen LogP contribution < -0.4 is 5.32 Å². The van der Waals surface area contributed by atoms with Gasteiger partial charge in [-0.25, -0.2) is 0 Å². The second-order valence-corrected chi connectivity index (χ2v) is 7.80. The second-order valence-electron chi connectivity index (χ2n) is 7.80. The number of nitrogens with one attached hydrogen (secondary N) is 1. The van der Waals surface area contributed by atoms with E-state index in [-0.39, 0.29) is 24.0 Å². The van der Waals surface area contributed by atoms with Crippen molar-refractivity contribution >= 4 is 29.9 Å². The Kier molecular flexibility index (Phi) is 9.32. The van der Waals surface area contributed by atoms with Crippen LogP contribution in [0.4, 0.5) is 0 Å². The van der Waals surface area contributed by atoms with Gasteiger partial charge in [0.15, 0.2) is 5.96 Å². The molecule has 0 radical (unpaired) electrons. The smallest absolute Gasteiger partial charge is 0.194 e. The SMILES string of the molecule is CCNC(=NCC(O)CN1CCc2ccccc2C1)N1CCCC(C)C1.I. The van der Waals surface area contributed by atoms with Crippen LogP contribution in [0.25, 0.3) is 0 Å². The monoisotopic (exact) mass is 486 g/mol. The van der Waals surface area contributed by atoms with Gasteiger partial charge in [-0.2, -0.15) is 0 Å². The second kappa shape index (κ2) is 11.2. The Morgan fingerprint density at radius 3 is 2.81 bits per heavy atom. The Morgan fingerprint density at radius 2 is 2.07 bits per heavy atom. The minimum absolute atomic E-state index is 0. The summed E-state index contributed by atoms with van der Waals surface area (Å²) in [5.41, 5.74) is 2.84. The number of guanidine groups is 1. The molecular weight excluding hydrogens is 451 g/mol. The predicted molar refractivity (Wildman–Crippen MR) is 123 cm³/mol. The molecule has 2 heterocycles. The molecule has 1 aromatic carbocycles. The number of β-amino-alcohol motifs (C(OH)–C–C–N with tert-alkyl or cyclic N) is 1. The summed E-state index contributed by atoms with van der Waals surface area (Å²) in [5.74, 6) is 1.67. The first-order valence-electron chi connectivity index (χ1n) is 10.2. The molecule has 1 fully saturated rings. The summed E-state index contributed by atoms with van der Waals surface area (Å²) in [6, 6.07) is 8.63. The Hall–Kier alpha value is -0.860. The molecule has 0 aromatic heterocycles. The van der Waals surface area contributed by atoms with Crippen molar-refractivity contribution in [2.45, 2.75) is 45.8 Å². The third-order valence-corrected chi connectivity index (χ3v) is 5.42. The van der Waals surface area contributed by atoms with Crippen molar-refractivity contribution in [2.24, 2.45) is 10.9 Å². The number of aliphatic hydroxyl groups is 1. The van der Waals surface area contributed by atoms with E-state index in [4.69, 9.17) is 4.99 Å². The molecule has 6 heteroatoms. The van der Waals surface area contributed by atoms with E-state index in [1.54, 1.807) is 0 Å². The minimum atomic E-state index is -0.420. The Morgan fingerprint density at radius 1 is 1.30 bits per heavy atom. The summed E-state index contributed by atoms with van der Waals surface area (Å²) >= 11 is 0. The van der Waals surface area contributed by atoms with Gasteiger partial charge in [0.2, 0.25) is 0 Å². The van der Waals surface area contributed by atoms with Gasteiger partial charge in [0, 0.05) is 39.3 Å². The van der Waals surface area contributed by atoms with E-state index in [9.17, 15) is 5.11 Å². The van der Waals surface area contributed by atoms with Crippen molar-refractivity contribution in [3.05, 3.63) is 35.4 Å². The van der Waals surface area contributed by atoms with Crippen LogP contribution in [0, 0.1) is 5.92 Å². The minimum Gasteiger partial charge on any atom is -0.390 e.